The Kier molecular flexibility index (Phi) is 3.14. The predicted octanol–water partition coefficient (Wildman–Crippen LogP) is 2.27. The molecule has 1 aliphatic heterocycles. The molecule has 1 aliphatic rings. The van der Waals surface area contributed by atoms with Crippen molar-refractivity contribution in [3.63, 3.8) is 0 Å². The zero-order chi connectivity index (χ0) is 10.9. The van der Waals surface area contributed by atoms with Crippen molar-refractivity contribution >= 4 is 11.3 Å². The molecule has 3 heteroatoms. The van der Waals surface area contributed by atoms with Crippen molar-refractivity contribution in [2.24, 2.45) is 0 Å². The van der Waals surface area contributed by atoms with Crippen molar-refractivity contribution in [3.8, 4) is 0 Å². The van der Waals surface area contributed by atoms with Gasteiger partial charge in [-0.3, -0.25) is 4.90 Å². The molecule has 0 aliphatic carbocycles. The first-order chi connectivity index (χ1) is 7.04. The molecule has 0 aromatic carbocycles. The second kappa shape index (κ2) is 4.24. The van der Waals surface area contributed by atoms with E-state index in [1.54, 1.807) is 4.88 Å². The van der Waals surface area contributed by atoms with E-state index in [-0.39, 0.29) is 0 Å². The molecule has 0 radical (unpaired) electrons. The van der Waals surface area contributed by atoms with Gasteiger partial charge in [0.2, 0.25) is 0 Å². The molecule has 0 saturated carbocycles. The van der Waals surface area contributed by atoms with Crippen LogP contribution in [0.4, 0.5) is 0 Å². The SMILES string of the molecule is CC(C)(O)CCN1CCc2sccc2C1. The first kappa shape index (κ1) is 11.1. The van der Waals surface area contributed by atoms with Crippen LogP contribution in [-0.2, 0) is 13.0 Å². The molecule has 2 heterocycles. The van der Waals surface area contributed by atoms with Crippen LogP contribution >= 0.6 is 11.3 Å². The molecule has 0 atom stereocenters. The van der Waals surface area contributed by atoms with Crippen LogP contribution in [0.3, 0.4) is 0 Å². The normalized spacial score (nSPS) is 17.8. The van der Waals surface area contributed by atoms with E-state index < -0.39 is 5.60 Å². The molecule has 1 aromatic heterocycles. The van der Waals surface area contributed by atoms with Crippen LogP contribution in [0.5, 0.6) is 0 Å². The summed E-state index contributed by atoms with van der Waals surface area (Å²) >= 11 is 1.87. The van der Waals surface area contributed by atoms with Gasteiger partial charge in [0.25, 0.3) is 0 Å². The number of thiophene rings is 1. The topological polar surface area (TPSA) is 23.5 Å². The lowest BCUT2D eigenvalue weighted by molar-refractivity contribution is 0.0559. The fourth-order valence-electron chi connectivity index (χ4n) is 1.93. The Morgan fingerprint density at radius 2 is 2.33 bits per heavy atom. The molecule has 0 amide bonds. The van der Waals surface area contributed by atoms with Gasteiger partial charge in [-0.25, -0.2) is 0 Å². The van der Waals surface area contributed by atoms with Crippen molar-refractivity contribution in [1.29, 1.82) is 0 Å². The zero-order valence-corrected chi connectivity index (χ0v) is 10.3. The largest absolute Gasteiger partial charge is 0.390 e. The molecule has 1 aromatic rings. The average Bonchev–Trinajstić information content (AvgIpc) is 2.60. The van der Waals surface area contributed by atoms with Crippen molar-refractivity contribution < 1.29 is 5.11 Å². The molecule has 2 rings (SSSR count). The Labute approximate surface area is 95.5 Å². The molecule has 84 valence electrons. The van der Waals surface area contributed by atoms with Crippen molar-refractivity contribution in [3.05, 3.63) is 21.9 Å². The summed E-state index contributed by atoms with van der Waals surface area (Å²) in [6, 6.07) is 2.23. The van der Waals surface area contributed by atoms with E-state index in [2.05, 4.69) is 16.3 Å². The third-order valence-electron chi connectivity index (χ3n) is 2.93. The molecular weight excluding hydrogens is 206 g/mol. The highest BCUT2D eigenvalue weighted by Crippen LogP contribution is 2.24. The summed E-state index contributed by atoms with van der Waals surface area (Å²) in [5, 5.41) is 11.9. The molecule has 1 N–H and O–H groups in total. The summed E-state index contributed by atoms with van der Waals surface area (Å²) < 4.78 is 0. The fraction of sp³-hybridized carbons (Fsp3) is 0.667. The second-order valence-electron chi connectivity index (χ2n) is 4.96. The Morgan fingerprint density at radius 1 is 1.53 bits per heavy atom. The highest BCUT2D eigenvalue weighted by molar-refractivity contribution is 7.10. The van der Waals surface area contributed by atoms with Crippen LogP contribution in [0.1, 0.15) is 30.7 Å². The minimum atomic E-state index is -0.533. The van der Waals surface area contributed by atoms with E-state index in [1.807, 2.05) is 25.2 Å². The predicted molar refractivity (Wildman–Crippen MR) is 64.2 cm³/mol. The molecule has 0 bridgehead atoms. The lowest BCUT2D eigenvalue weighted by atomic mass is 10.0. The van der Waals surface area contributed by atoms with Gasteiger partial charge in [-0.15, -0.1) is 11.3 Å². The van der Waals surface area contributed by atoms with E-state index in [4.69, 9.17) is 0 Å². The first-order valence-electron chi connectivity index (χ1n) is 5.54. The van der Waals surface area contributed by atoms with Gasteiger partial charge in [0.05, 0.1) is 5.60 Å². The number of rotatable bonds is 3. The standard InChI is InChI=1S/C12H19NOS/c1-12(2,14)5-7-13-6-3-11-10(9-13)4-8-15-11/h4,8,14H,3,5-7,9H2,1-2H3. The van der Waals surface area contributed by atoms with Crippen LogP contribution in [0.25, 0.3) is 0 Å². The van der Waals surface area contributed by atoms with Crippen LogP contribution in [0.2, 0.25) is 0 Å². The Hall–Kier alpha value is -0.380. The summed E-state index contributed by atoms with van der Waals surface area (Å²) in [5.74, 6) is 0. The quantitative estimate of drug-likeness (QED) is 0.853. The average molecular weight is 225 g/mol. The second-order valence-corrected chi connectivity index (χ2v) is 5.96. The van der Waals surface area contributed by atoms with Crippen LogP contribution in [0.15, 0.2) is 11.4 Å². The van der Waals surface area contributed by atoms with Crippen LogP contribution < -0.4 is 0 Å². The Morgan fingerprint density at radius 3 is 3.07 bits per heavy atom. The fourth-order valence-corrected chi connectivity index (χ4v) is 2.82. The molecule has 0 unspecified atom stereocenters. The number of hydrogen-bond donors (Lipinski definition) is 1. The lowest BCUT2D eigenvalue weighted by Crippen LogP contribution is -2.34. The molecule has 0 saturated heterocycles. The highest BCUT2D eigenvalue weighted by Gasteiger charge is 2.19. The van der Waals surface area contributed by atoms with Gasteiger partial charge in [-0.2, -0.15) is 0 Å². The van der Waals surface area contributed by atoms with Gasteiger partial charge in [0.1, 0.15) is 0 Å². The molecule has 0 spiro atoms. The van der Waals surface area contributed by atoms with Gasteiger partial charge < -0.3 is 5.11 Å². The number of nitrogens with zero attached hydrogens (tertiary/aromatic N) is 1. The summed E-state index contributed by atoms with van der Waals surface area (Å²) in [6.07, 6.45) is 2.03. The maximum absolute atomic E-state index is 9.68. The smallest absolute Gasteiger partial charge is 0.0603 e. The monoisotopic (exact) mass is 225 g/mol. The van der Waals surface area contributed by atoms with Crippen molar-refractivity contribution in [2.45, 2.75) is 38.8 Å². The van der Waals surface area contributed by atoms with E-state index in [0.717, 1.165) is 26.1 Å². The number of aliphatic hydroxyl groups is 1. The number of hydrogen-bond acceptors (Lipinski definition) is 3. The maximum Gasteiger partial charge on any atom is 0.0603 e. The third-order valence-corrected chi connectivity index (χ3v) is 3.95. The highest BCUT2D eigenvalue weighted by atomic mass is 32.1. The summed E-state index contributed by atoms with van der Waals surface area (Å²) in [6.45, 7) is 6.97. The van der Waals surface area contributed by atoms with Gasteiger partial charge in [0.15, 0.2) is 0 Å². The van der Waals surface area contributed by atoms with Crippen LogP contribution in [0, 0.1) is 0 Å². The molecule has 0 fully saturated rings. The molecular formula is C12H19NOS. The van der Waals surface area contributed by atoms with Gasteiger partial charge in [-0.1, -0.05) is 0 Å². The summed E-state index contributed by atoms with van der Waals surface area (Å²) in [7, 11) is 0. The van der Waals surface area contributed by atoms with Gasteiger partial charge >= 0.3 is 0 Å². The van der Waals surface area contributed by atoms with Crippen molar-refractivity contribution in [2.75, 3.05) is 13.1 Å². The van der Waals surface area contributed by atoms with Gasteiger partial charge in [-0.05, 0) is 43.7 Å². The minimum absolute atomic E-state index is 0.533. The van der Waals surface area contributed by atoms with Crippen LogP contribution in [-0.4, -0.2) is 28.7 Å². The van der Waals surface area contributed by atoms with E-state index in [0.29, 0.717) is 0 Å². The summed E-state index contributed by atoms with van der Waals surface area (Å²) in [4.78, 5) is 3.99. The minimum Gasteiger partial charge on any atom is -0.390 e. The van der Waals surface area contributed by atoms with Crippen molar-refractivity contribution in [1.82, 2.24) is 4.90 Å². The van der Waals surface area contributed by atoms with E-state index >= 15 is 0 Å². The van der Waals surface area contributed by atoms with E-state index in [9.17, 15) is 5.11 Å². The Balaban J connectivity index is 1.88. The number of fused-ring (bicyclic) bond motifs is 1. The molecule has 15 heavy (non-hydrogen) atoms. The lowest BCUT2D eigenvalue weighted by Gasteiger charge is -2.29. The first-order valence-corrected chi connectivity index (χ1v) is 6.42. The maximum atomic E-state index is 9.68. The van der Waals surface area contributed by atoms with Gasteiger partial charge in [0, 0.05) is 24.5 Å². The molecule has 2 nitrogen and oxygen atoms in total. The van der Waals surface area contributed by atoms with E-state index in [1.165, 1.54) is 12.0 Å². The third kappa shape index (κ3) is 3.03. The zero-order valence-electron chi connectivity index (χ0n) is 9.49. The summed E-state index contributed by atoms with van der Waals surface area (Å²) in [5.41, 5.74) is 0.955. The Bertz CT molecular complexity index is 327.